The number of hydrogen-bond acceptors (Lipinski definition) is 3. The van der Waals surface area contributed by atoms with Crippen LogP contribution in [0.5, 0.6) is 0 Å². The lowest BCUT2D eigenvalue weighted by Crippen LogP contribution is -2.37. The molecule has 0 aliphatic rings. The van der Waals surface area contributed by atoms with E-state index in [1.54, 1.807) is 7.05 Å². The maximum Gasteiger partial charge on any atom is 0.191 e. The number of imidazole rings is 1. The predicted octanol–water partition coefficient (Wildman–Crippen LogP) is 2.37. The normalized spacial score (nSPS) is 11.6. The van der Waals surface area contributed by atoms with Crippen molar-refractivity contribution in [2.24, 2.45) is 18.0 Å². The molecule has 140 valence electrons. The summed E-state index contributed by atoms with van der Waals surface area (Å²) in [5.41, 5.74) is 3.43. The minimum Gasteiger partial charge on any atom is -0.352 e. The predicted molar refractivity (Wildman–Crippen MR) is 112 cm³/mol. The van der Waals surface area contributed by atoms with E-state index in [9.17, 15) is 0 Å². The van der Waals surface area contributed by atoms with Gasteiger partial charge in [0.05, 0.1) is 12.2 Å². The standard InChI is InChI=1S/C17H29N7.HI/c1-12(2)11-24-8-7-19-16(24)10-21-17(18-5)20-9-15-13(3)22-23(6)14(15)4;/h7-8,12H,9-11H2,1-6H3,(H2,18,20,21);1H. The molecule has 25 heavy (non-hydrogen) atoms. The van der Waals surface area contributed by atoms with E-state index in [1.807, 2.05) is 31.0 Å². The molecule has 2 N–H and O–H groups in total. The summed E-state index contributed by atoms with van der Waals surface area (Å²) in [5.74, 6) is 2.36. The molecule has 7 nitrogen and oxygen atoms in total. The zero-order valence-electron chi connectivity index (χ0n) is 16.0. The van der Waals surface area contributed by atoms with E-state index in [1.165, 1.54) is 11.3 Å². The summed E-state index contributed by atoms with van der Waals surface area (Å²) in [6.45, 7) is 10.8. The first-order chi connectivity index (χ1) is 11.4. The number of nitrogens with zero attached hydrogens (tertiary/aromatic N) is 5. The van der Waals surface area contributed by atoms with Crippen LogP contribution in [0.15, 0.2) is 17.4 Å². The highest BCUT2D eigenvalue weighted by atomic mass is 127. The SMILES string of the molecule is CN=C(NCc1c(C)nn(C)c1C)NCc1nccn1CC(C)C.I. The molecule has 0 atom stereocenters. The molecule has 0 spiro atoms. The fourth-order valence-electron chi connectivity index (χ4n) is 2.70. The summed E-state index contributed by atoms with van der Waals surface area (Å²) in [6, 6.07) is 0. The van der Waals surface area contributed by atoms with Crippen LogP contribution in [-0.4, -0.2) is 32.3 Å². The largest absolute Gasteiger partial charge is 0.352 e. The Kier molecular flexibility index (Phi) is 8.40. The van der Waals surface area contributed by atoms with E-state index in [0.717, 1.165) is 24.0 Å². The van der Waals surface area contributed by atoms with Gasteiger partial charge in [0.25, 0.3) is 0 Å². The molecule has 8 heteroatoms. The van der Waals surface area contributed by atoms with E-state index in [0.29, 0.717) is 19.0 Å². The molecule has 0 aliphatic carbocycles. The molecular formula is C17H30IN7. The zero-order chi connectivity index (χ0) is 17.7. The maximum absolute atomic E-state index is 4.44. The third-order valence-electron chi connectivity index (χ3n) is 4.09. The highest BCUT2D eigenvalue weighted by Gasteiger charge is 2.10. The third kappa shape index (κ3) is 5.72. The van der Waals surface area contributed by atoms with Crippen molar-refractivity contribution in [3.63, 3.8) is 0 Å². The first kappa shape index (κ1) is 21.5. The van der Waals surface area contributed by atoms with Crippen LogP contribution in [0.25, 0.3) is 0 Å². The fourth-order valence-corrected chi connectivity index (χ4v) is 2.70. The summed E-state index contributed by atoms with van der Waals surface area (Å²) in [4.78, 5) is 8.72. The number of halogens is 1. The molecule has 2 rings (SSSR count). The molecule has 0 saturated carbocycles. The minimum absolute atomic E-state index is 0. The van der Waals surface area contributed by atoms with Crippen molar-refractivity contribution in [2.75, 3.05) is 7.05 Å². The molecule has 0 radical (unpaired) electrons. The minimum atomic E-state index is 0. The molecular weight excluding hydrogens is 429 g/mol. The quantitative estimate of drug-likeness (QED) is 0.396. The molecule has 0 aromatic carbocycles. The lowest BCUT2D eigenvalue weighted by molar-refractivity contribution is 0.503. The van der Waals surface area contributed by atoms with Crippen molar-refractivity contribution in [1.29, 1.82) is 0 Å². The highest BCUT2D eigenvalue weighted by Crippen LogP contribution is 2.11. The van der Waals surface area contributed by atoms with Crippen LogP contribution in [0.1, 0.15) is 36.6 Å². The van der Waals surface area contributed by atoms with Crippen molar-refractivity contribution < 1.29 is 0 Å². The van der Waals surface area contributed by atoms with Gasteiger partial charge in [-0.25, -0.2) is 4.98 Å². The van der Waals surface area contributed by atoms with Crippen molar-refractivity contribution >= 4 is 29.9 Å². The van der Waals surface area contributed by atoms with Crippen LogP contribution in [0.4, 0.5) is 0 Å². The van der Waals surface area contributed by atoms with Crippen molar-refractivity contribution in [3.05, 3.63) is 35.2 Å². The second kappa shape index (κ2) is 9.79. The molecule has 2 heterocycles. The molecule has 2 aromatic heterocycles. The summed E-state index contributed by atoms with van der Waals surface area (Å²) in [6.07, 6.45) is 3.87. The van der Waals surface area contributed by atoms with E-state index in [2.05, 4.69) is 51.0 Å². The van der Waals surface area contributed by atoms with Crippen LogP contribution >= 0.6 is 24.0 Å². The Hall–Kier alpha value is -1.58. The first-order valence-electron chi connectivity index (χ1n) is 8.36. The van der Waals surface area contributed by atoms with Gasteiger partial charge in [-0.2, -0.15) is 5.10 Å². The summed E-state index contributed by atoms with van der Waals surface area (Å²) >= 11 is 0. The second-order valence-corrected chi connectivity index (χ2v) is 6.44. The number of guanidine groups is 1. The molecule has 0 fully saturated rings. The van der Waals surface area contributed by atoms with Crippen molar-refractivity contribution in [2.45, 2.75) is 47.3 Å². The Bertz CT molecular complexity index is 700. The summed E-state index contributed by atoms with van der Waals surface area (Å²) < 4.78 is 4.09. The highest BCUT2D eigenvalue weighted by molar-refractivity contribution is 14.0. The van der Waals surface area contributed by atoms with Gasteiger partial charge in [-0.3, -0.25) is 9.67 Å². The number of aromatic nitrogens is 4. The smallest absolute Gasteiger partial charge is 0.191 e. The molecule has 0 amide bonds. The van der Waals surface area contributed by atoms with Gasteiger partial charge >= 0.3 is 0 Å². The van der Waals surface area contributed by atoms with Gasteiger partial charge in [0.2, 0.25) is 0 Å². The maximum atomic E-state index is 4.44. The number of rotatable bonds is 6. The zero-order valence-corrected chi connectivity index (χ0v) is 18.3. The number of aliphatic imine (C=N–C) groups is 1. The second-order valence-electron chi connectivity index (χ2n) is 6.44. The summed E-state index contributed by atoms with van der Waals surface area (Å²) in [7, 11) is 3.74. The Morgan fingerprint density at radius 1 is 1.24 bits per heavy atom. The topological polar surface area (TPSA) is 72.1 Å². The van der Waals surface area contributed by atoms with E-state index in [-0.39, 0.29) is 24.0 Å². The monoisotopic (exact) mass is 459 g/mol. The van der Waals surface area contributed by atoms with E-state index >= 15 is 0 Å². The third-order valence-corrected chi connectivity index (χ3v) is 4.09. The summed E-state index contributed by atoms with van der Waals surface area (Å²) in [5, 5.41) is 11.1. The van der Waals surface area contributed by atoms with Gasteiger partial charge < -0.3 is 15.2 Å². The van der Waals surface area contributed by atoms with Gasteiger partial charge in [-0.1, -0.05) is 13.8 Å². The fraction of sp³-hybridized carbons (Fsp3) is 0.588. The first-order valence-corrected chi connectivity index (χ1v) is 8.36. The van der Waals surface area contributed by atoms with Crippen LogP contribution in [-0.2, 0) is 26.7 Å². The van der Waals surface area contributed by atoms with Gasteiger partial charge in [-0.15, -0.1) is 24.0 Å². The Morgan fingerprint density at radius 2 is 1.92 bits per heavy atom. The number of aryl methyl sites for hydroxylation is 2. The number of nitrogens with one attached hydrogen (secondary N) is 2. The van der Waals surface area contributed by atoms with Gasteiger partial charge in [-0.05, 0) is 19.8 Å². The van der Waals surface area contributed by atoms with Crippen LogP contribution < -0.4 is 10.6 Å². The Balaban J connectivity index is 0.00000312. The molecule has 0 saturated heterocycles. The Labute approximate surface area is 167 Å². The van der Waals surface area contributed by atoms with Gasteiger partial charge in [0, 0.05) is 50.8 Å². The molecule has 0 bridgehead atoms. The lowest BCUT2D eigenvalue weighted by atomic mass is 10.2. The van der Waals surface area contributed by atoms with Gasteiger partial charge in [0.15, 0.2) is 5.96 Å². The lowest BCUT2D eigenvalue weighted by Gasteiger charge is -2.14. The Morgan fingerprint density at radius 3 is 2.48 bits per heavy atom. The molecule has 0 unspecified atom stereocenters. The average molecular weight is 459 g/mol. The average Bonchev–Trinajstić information content (AvgIpc) is 3.05. The van der Waals surface area contributed by atoms with Crippen LogP contribution in [0, 0.1) is 19.8 Å². The number of hydrogen-bond donors (Lipinski definition) is 2. The van der Waals surface area contributed by atoms with E-state index in [4.69, 9.17) is 0 Å². The molecule has 2 aromatic rings. The van der Waals surface area contributed by atoms with Crippen LogP contribution in [0.2, 0.25) is 0 Å². The molecule has 0 aliphatic heterocycles. The van der Waals surface area contributed by atoms with E-state index < -0.39 is 0 Å². The van der Waals surface area contributed by atoms with Crippen LogP contribution in [0.3, 0.4) is 0 Å². The van der Waals surface area contributed by atoms with Crippen molar-refractivity contribution in [1.82, 2.24) is 30.0 Å². The van der Waals surface area contributed by atoms with Crippen molar-refractivity contribution in [3.8, 4) is 0 Å². The van der Waals surface area contributed by atoms with Gasteiger partial charge in [0.1, 0.15) is 5.82 Å².